The van der Waals surface area contributed by atoms with Gasteiger partial charge in [-0.25, -0.2) is 0 Å². The summed E-state index contributed by atoms with van der Waals surface area (Å²) in [5.41, 5.74) is 4.34. The van der Waals surface area contributed by atoms with Gasteiger partial charge in [0.1, 0.15) is 18.1 Å². The summed E-state index contributed by atoms with van der Waals surface area (Å²) in [5.74, 6) is 2.07. The number of ether oxygens (including phenoxy) is 2. The Balaban J connectivity index is 1.51. The molecule has 0 radical (unpaired) electrons. The highest BCUT2D eigenvalue weighted by Crippen LogP contribution is 2.33. The van der Waals surface area contributed by atoms with Gasteiger partial charge in [-0.15, -0.1) is 0 Å². The maximum absolute atomic E-state index is 12.6. The van der Waals surface area contributed by atoms with Gasteiger partial charge in [0.05, 0.1) is 12.6 Å². The molecule has 7 nitrogen and oxygen atoms in total. The van der Waals surface area contributed by atoms with Gasteiger partial charge < -0.3 is 14.0 Å². The number of Topliss-reactive ketones (excluding diaryl/α,β-unsaturated/α-hetero) is 1. The Hall–Kier alpha value is -4.17. The Labute approximate surface area is 207 Å². The molecule has 5 rings (SSSR count). The fraction of sp³-hybridized carbons (Fsp3) is 0.148. The van der Waals surface area contributed by atoms with Crippen LogP contribution in [-0.4, -0.2) is 32.2 Å². The van der Waals surface area contributed by atoms with E-state index in [1.807, 2.05) is 84.3 Å². The number of aromatic amines is 1. The molecule has 2 heterocycles. The first kappa shape index (κ1) is 22.6. The van der Waals surface area contributed by atoms with Gasteiger partial charge >= 0.3 is 0 Å². The van der Waals surface area contributed by atoms with E-state index in [1.165, 1.54) is 0 Å². The highest BCUT2D eigenvalue weighted by molar-refractivity contribution is 7.71. The second kappa shape index (κ2) is 9.23. The van der Waals surface area contributed by atoms with Gasteiger partial charge in [0.15, 0.2) is 16.4 Å². The number of ketones is 1. The summed E-state index contributed by atoms with van der Waals surface area (Å²) in [7, 11) is 1.64. The van der Waals surface area contributed by atoms with E-state index in [2.05, 4.69) is 14.8 Å². The number of aromatic nitrogens is 4. The quantitative estimate of drug-likeness (QED) is 0.227. The van der Waals surface area contributed by atoms with E-state index < -0.39 is 0 Å². The number of nitrogens with one attached hydrogen (secondary N) is 1. The van der Waals surface area contributed by atoms with Gasteiger partial charge in [-0.2, -0.15) is 5.10 Å². The molecular formula is C27H24N4O3S. The number of hydrogen-bond acceptors (Lipinski definition) is 5. The van der Waals surface area contributed by atoms with Crippen LogP contribution >= 0.6 is 12.2 Å². The zero-order chi connectivity index (χ0) is 24.5. The highest BCUT2D eigenvalue weighted by atomic mass is 32.1. The van der Waals surface area contributed by atoms with E-state index >= 15 is 0 Å². The summed E-state index contributed by atoms with van der Waals surface area (Å²) in [5, 5.41) is 8.02. The van der Waals surface area contributed by atoms with E-state index in [-0.39, 0.29) is 12.4 Å². The zero-order valence-corrected chi connectivity index (χ0v) is 20.4. The fourth-order valence-corrected chi connectivity index (χ4v) is 4.67. The first-order valence-electron chi connectivity index (χ1n) is 11.1. The number of rotatable bonds is 7. The zero-order valence-electron chi connectivity index (χ0n) is 19.6. The van der Waals surface area contributed by atoms with E-state index in [0.717, 1.165) is 33.7 Å². The van der Waals surface area contributed by atoms with Gasteiger partial charge in [0.2, 0.25) is 0 Å². The fourth-order valence-electron chi connectivity index (χ4n) is 4.41. The van der Waals surface area contributed by atoms with Crippen LogP contribution in [0.5, 0.6) is 11.5 Å². The Morgan fingerprint density at radius 3 is 2.34 bits per heavy atom. The number of hydrogen-bond donors (Lipinski definition) is 1. The molecule has 0 aliphatic rings. The molecule has 0 amide bonds. The predicted molar refractivity (Wildman–Crippen MR) is 138 cm³/mol. The Kier molecular flexibility index (Phi) is 5.96. The van der Waals surface area contributed by atoms with Crippen molar-refractivity contribution >= 4 is 28.9 Å². The largest absolute Gasteiger partial charge is 0.497 e. The van der Waals surface area contributed by atoms with E-state index in [1.54, 1.807) is 14.0 Å². The van der Waals surface area contributed by atoms with Crippen LogP contribution < -0.4 is 9.47 Å². The Bertz CT molecular complexity index is 1580. The Morgan fingerprint density at radius 2 is 1.66 bits per heavy atom. The number of methoxy groups -OCH3 is 1. The number of nitrogens with zero attached hydrogens (tertiary/aromatic N) is 3. The highest BCUT2D eigenvalue weighted by Gasteiger charge is 2.19. The topological polar surface area (TPSA) is 74.1 Å². The molecule has 0 aliphatic carbocycles. The van der Waals surface area contributed by atoms with Crippen LogP contribution in [0.1, 0.15) is 28.8 Å². The summed E-state index contributed by atoms with van der Waals surface area (Å²) in [6.07, 6.45) is 0. The first-order valence-corrected chi connectivity index (χ1v) is 11.5. The van der Waals surface area contributed by atoms with Crippen LogP contribution in [0.25, 0.3) is 22.3 Å². The van der Waals surface area contributed by atoms with Crippen molar-refractivity contribution in [2.45, 2.75) is 20.5 Å². The molecule has 0 saturated carbocycles. The molecule has 0 spiro atoms. The monoisotopic (exact) mass is 484 g/mol. The molecule has 1 N–H and O–H groups in total. The van der Waals surface area contributed by atoms with Gasteiger partial charge in [-0.1, -0.05) is 18.2 Å². The van der Waals surface area contributed by atoms with Crippen LogP contribution in [0.3, 0.4) is 0 Å². The number of fused-ring (bicyclic) bond motifs is 1. The van der Waals surface area contributed by atoms with Gasteiger partial charge in [0, 0.05) is 28.0 Å². The average Bonchev–Trinajstić information content (AvgIpc) is 3.39. The van der Waals surface area contributed by atoms with Gasteiger partial charge in [-0.05, 0) is 80.7 Å². The molecule has 176 valence electrons. The van der Waals surface area contributed by atoms with Crippen LogP contribution in [0, 0.1) is 11.7 Å². The minimum absolute atomic E-state index is 0.00174. The minimum Gasteiger partial charge on any atom is -0.497 e. The standard InChI is InChI=1S/C27H24N4O3S/c1-17-26(18(2)32)23-15-22(13-14-24(23)30(17)20-9-11-21(33-3)12-10-20)34-16-25-28-29-27(35)31(25)19-7-5-4-6-8-19/h4-15H,16H2,1-3H3,(H,29,35). The number of H-pyrrole nitrogens is 1. The van der Waals surface area contributed by atoms with Crippen molar-refractivity contribution in [3.63, 3.8) is 0 Å². The molecule has 5 aromatic rings. The summed E-state index contributed by atoms with van der Waals surface area (Å²) < 4.78 is 15.8. The normalized spacial score (nSPS) is 11.1. The first-order chi connectivity index (χ1) is 17.0. The number of carbonyl (C=O) groups excluding carboxylic acids is 1. The van der Waals surface area contributed by atoms with Crippen LogP contribution in [0.2, 0.25) is 0 Å². The van der Waals surface area contributed by atoms with Crippen molar-refractivity contribution in [3.05, 3.63) is 94.6 Å². The smallest absolute Gasteiger partial charge is 0.199 e. The molecule has 35 heavy (non-hydrogen) atoms. The lowest BCUT2D eigenvalue weighted by atomic mass is 10.1. The van der Waals surface area contributed by atoms with E-state index in [9.17, 15) is 4.79 Å². The second-order valence-electron chi connectivity index (χ2n) is 8.13. The maximum Gasteiger partial charge on any atom is 0.199 e. The molecule has 0 bridgehead atoms. The molecule has 2 aromatic heterocycles. The Morgan fingerprint density at radius 1 is 0.971 bits per heavy atom. The minimum atomic E-state index is 0.00174. The molecule has 0 saturated heterocycles. The van der Waals surface area contributed by atoms with Crippen molar-refractivity contribution in [1.29, 1.82) is 0 Å². The summed E-state index contributed by atoms with van der Waals surface area (Å²) >= 11 is 5.42. The van der Waals surface area contributed by atoms with E-state index in [0.29, 0.717) is 21.9 Å². The van der Waals surface area contributed by atoms with Gasteiger partial charge in [0.25, 0.3) is 0 Å². The molecule has 0 aliphatic heterocycles. The summed E-state index contributed by atoms with van der Waals surface area (Å²) in [6.45, 7) is 3.76. The number of para-hydroxylation sites is 1. The third-order valence-electron chi connectivity index (χ3n) is 5.98. The molecule has 3 aromatic carbocycles. The molecule has 0 unspecified atom stereocenters. The average molecular weight is 485 g/mol. The SMILES string of the molecule is COc1ccc(-n2c(C)c(C(C)=O)c3cc(OCc4n[nH]c(=S)n4-c4ccccc4)ccc32)cc1. The molecule has 0 fully saturated rings. The molecular weight excluding hydrogens is 460 g/mol. The van der Waals surface area contributed by atoms with Gasteiger partial charge in [-0.3, -0.25) is 14.5 Å². The van der Waals surface area contributed by atoms with Crippen LogP contribution in [0.4, 0.5) is 0 Å². The predicted octanol–water partition coefficient (Wildman–Crippen LogP) is 5.97. The van der Waals surface area contributed by atoms with Crippen molar-refractivity contribution in [2.75, 3.05) is 7.11 Å². The van der Waals surface area contributed by atoms with Crippen molar-refractivity contribution in [2.24, 2.45) is 0 Å². The third-order valence-corrected chi connectivity index (χ3v) is 6.26. The molecule has 8 heteroatoms. The maximum atomic E-state index is 12.6. The lowest BCUT2D eigenvalue weighted by Gasteiger charge is -2.11. The lowest BCUT2D eigenvalue weighted by Crippen LogP contribution is -2.05. The number of benzene rings is 3. The van der Waals surface area contributed by atoms with Crippen LogP contribution in [0.15, 0.2) is 72.8 Å². The number of carbonyl (C=O) groups is 1. The van der Waals surface area contributed by atoms with Crippen molar-refractivity contribution in [3.8, 4) is 22.9 Å². The molecule has 0 atom stereocenters. The summed E-state index contributed by atoms with van der Waals surface area (Å²) in [6, 6.07) is 23.3. The second-order valence-corrected chi connectivity index (χ2v) is 8.52. The van der Waals surface area contributed by atoms with Crippen molar-refractivity contribution < 1.29 is 14.3 Å². The van der Waals surface area contributed by atoms with E-state index in [4.69, 9.17) is 21.7 Å². The lowest BCUT2D eigenvalue weighted by molar-refractivity contribution is 0.101. The summed E-state index contributed by atoms with van der Waals surface area (Å²) in [4.78, 5) is 12.6. The van der Waals surface area contributed by atoms with Crippen molar-refractivity contribution in [1.82, 2.24) is 19.3 Å². The third kappa shape index (κ3) is 4.13. The van der Waals surface area contributed by atoms with Crippen LogP contribution in [-0.2, 0) is 6.61 Å².